The van der Waals surface area contributed by atoms with Gasteiger partial charge in [-0.05, 0) is 37.1 Å². The maximum Gasteiger partial charge on any atom is 0.273 e. The van der Waals surface area contributed by atoms with E-state index in [0.29, 0.717) is 17.9 Å². The molecule has 2 aromatic rings. The van der Waals surface area contributed by atoms with E-state index in [2.05, 4.69) is 10.5 Å². The van der Waals surface area contributed by atoms with Crippen LogP contribution in [0.5, 0.6) is 0 Å². The lowest BCUT2D eigenvalue weighted by atomic mass is 10.1. The van der Waals surface area contributed by atoms with E-state index < -0.39 is 0 Å². The van der Waals surface area contributed by atoms with Crippen LogP contribution in [0.2, 0.25) is 0 Å². The van der Waals surface area contributed by atoms with Gasteiger partial charge in [0.2, 0.25) is 0 Å². The second-order valence-electron chi connectivity index (χ2n) is 4.93. The van der Waals surface area contributed by atoms with Crippen LogP contribution < -0.4 is 5.32 Å². The molecule has 3 rings (SSSR count). The molecule has 1 N–H and O–H groups in total. The number of ether oxygens (including phenoxy) is 1. The van der Waals surface area contributed by atoms with Gasteiger partial charge in [0, 0.05) is 24.8 Å². The lowest BCUT2D eigenvalue weighted by Crippen LogP contribution is -2.31. The third kappa shape index (κ3) is 3.28. The van der Waals surface area contributed by atoms with Crippen molar-refractivity contribution in [3.8, 4) is 11.3 Å². The van der Waals surface area contributed by atoms with Crippen molar-refractivity contribution in [2.75, 3.05) is 13.2 Å². The van der Waals surface area contributed by atoms with Gasteiger partial charge in [0.15, 0.2) is 11.5 Å². The van der Waals surface area contributed by atoms with Gasteiger partial charge in [-0.1, -0.05) is 5.16 Å². The Kier molecular flexibility index (Phi) is 3.96. The fraction of sp³-hybridized carbons (Fsp3) is 0.333. The predicted molar refractivity (Wildman–Crippen MR) is 73.2 cm³/mol. The first kappa shape index (κ1) is 13.8. The average Bonchev–Trinajstić information content (AvgIpc) is 3.17. The highest BCUT2D eigenvalue weighted by atomic mass is 19.1. The molecule has 0 aliphatic carbocycles. The van der Waals surface area contributed by atoms with E-state index in [-0.39, 0.29) is 23.5 Å². The Morgan fingerprint density at radius 2 is 2.19 bits per heavy atom. The van der Waals surface area contributed by atoms with Gasteiger partial charge < -0.3 is 14.6 Å². The minimum absolute atomic E-state index is 0.0809. The van der Waals surface area contributed by atoms with Gasteiger partial charge in [0.1, 0.15) is 5.82 Å². The zero-order valence-corrected chi connectivity index (χ0v) is 11.3. The Hall–Kier alpha value is -2.21. The van der Waals surface area contributed by atoms with Crippen LogP contribution in [-0.2, 0) is 4.74 Å². The van der Waals surface area contributed by atoms with Crippen LogP contribution in [-0.4, -0.2) is 30.3 Å². The molecule has 1 aromatic carbocycles. The van der Waals surface area contributed by atoms with Crippen LogP contribution in [0.15, 0.2) is 34.9 Å². The molecule has 1 aromatic heterocycles. The normalized spacial score (nSPS) is 17.9. The summed E-state index contributed by atoms with van der Waals surface area (Å²) in [5.74, 6) is -0.201. The lowest BCUT2D eigenvalue weighted by Gasteiger charge is -2.09. The first-order valence-electron chi connectivity index (χ1n) is 6.85. The van der Waals surface area contributed by atoms with E-state index >= 15 is 0 Å². The Morgan fingerprint density at radius 1 is 1.38 bits per heavy atom. The molecule has 0 radical (unpaired) electrons. The molecule has 1 amide bonds. The molecule has 1 saturated heterocycles. The highest BCUT2D eigenvalue weighted by Crippen LogP contribution is 2.20. The molecular formula is C15H15FN2O3. The first-order valence-corrected chi connectivity index (χ1v) is 6.85. The minimum Gasteiger partial charge on any atom is -0.376 e. The molecule has 1 aliphatic rings. The number of aromatic nitrogens is 1. The molecule has 5 nitrogen and oxygen atoms in total. The molecule has 0 bridgehead atoms. The number of carbonyl (C=O) groups is 1. The van der Waals surface area contributed by atoms with Gasteiger partial charge in [-0.15, -0.1) is 0 Å². The SMILES string of the molecule is O=C(NC[C@@H]1CCCO1)c1cc(-c2ccc(F)cc2)on1. The van der Waals surface area contributed by atoms with Gasteiger partial charge in [0.25, 0.3) is 5.91 Å². The standard InChI is InChI=1S/C15H15FN2O3/c16-11-5-3-10(4-6-11)14-8-13(18-21-14)15(19)17-9-12-2-1-7-20-12/h3-6,8,12H,1-2,7,9H2,(H,17,19)/t12-/m0/s1. The van der Waals surface area contributed by atoms with Crippen molar-refractivity contribution in [1.82, 2.24) is 10.5 Å². The van der Waals surface area contributed by atoms with Crippen LogP contribution in [0.3, 0.4) is 0 Å². The molecule has 110 valence electrons. The van der Waals surface area contributed by atoms with Gasteiger partial charge in [-0.25, -0.2) is 4.39 Å². The monoisotopic (exact) mass is 290 g/mol. The van der Waals surface area contributed by atoms with Crippen LogP contribution in [0.4, 0.5) is 4.39 Å². The van der Waals surface area contributed by atoms with E-state index in [4.69, 9.17) is 9.26 Å². The number of halogens is 1. The van der Waals surface area contributed by atoms with Gasteiger partial charge >= 0.3 is 0 Å². The fourth-order valence-electron chi connectivity index (χ4n) is 2.23. The summed E-state index contributed by atoms with van der Waals surface area (Å²) in [4.78, 5) is 12.0. The minimum atomic E-state index is -0.326. The third-order valence-electron chi connectivity index (χ3n) is 3.39. The summed E-state index contributed by atoms with van der Waals surface area (Å²) in [5.41, 5.74) is 0.870. The highest BCUT2D eigenvalue weighted by Gasteiger charge is 2.18. The van der Waals surface area contributed by atoms with Crippen LogP contribution in [0, 0.1) is 5.82 Å². The largest absolute Gasteiger partial charge is 0.376 e. The summed E-state index contributed by atoms with van der Waals surface area (Å²) in [5, 5.41) is 6.51. The number of carbonyl (C=O) groups excluding carboxylic acids is 1. The molecular weight excluding hydrogens is 275 g/mol. The maximum atomic E-state index is 12.9. The quantitative estimate of drug-likeness (QED) is 0.939. The number of rotatable bonds is 4. The predicted octanol–water partition coefficient (Wildman–Crippen LogP) is 2.39. The van der Waals surface area contributed by atoms with E-state index in [1.54, 1.807) is 12.1 Å². The summed E-state index contributed by atoms with van der Waals surface area (Å²) >= 11 is 0. The summed E-state index contributed by atoms with van der Waals surface area (Å²) < 4.78 is 23.4. The Morgan fingerprint density at radius 3 is 2.90 bits per heavy atom. The number of nitrogens with one attached hydrogen (secondary N) is 1. The maximum absolute atomic E-state index is 12.9. The molecule has 2 heterocycles. The first-order chi connectivity index (χ1) is 10.2. The number of nitrogens with zero attached hydrogens (tertiary/aromatic N) is 1. The zero-order valence-electron chi connectivity index (χ0n) is 11.3. The molecule has 0 unspecified atom stereocenters. The number of amides is 1. The van der Waals surface area contributed by atoms with Crippen molar-refractivity contribution in [2.45, 2.75) is 18.9 Å². The van der Waals surface area contributed by atoms with Gasteiger partial charge in [-0.3, -0.25) is 4.79 Å². The summed E-state index contributed by atoms with van der Waals surface area (Å²) in [6.07, 6.45) is 2.07. The van der Waals surface area contributed by atoms with Crippen molar-refractivity contribution in [3.05, 3.63) is 41.8 Å². The molecule has 6 heteroatoms. The average molecular weight is 290 g/mol. The summed E-state index contributed by atoms with van der Waals surface area (Å²) in [6.45, 7) is 1.22. The van der Waals surface area contributed by atoms with Gasteiger partial charge in [0.05, 0.1) is 6.10 Å². The van der Waals surface area contributed by atoms with E-state index in [9.17, 15) is 9.18 Å². The molecule has 0 saturated carbocycles. The Labute approximate surface area is 121 Å². The topological polar surface area (TPSA) is 64.4 Å². The highest BCUT2D eigenvalue weighted by molar-refractivity contribution is 5.93. The fourth-order valence-corrected chi connectivity index (χ4v) is 2.23. The second kappa shape index (κ2) is 6.05. The van der Waals surface area contributed by atoms with Crippen LogP contribution in [0.25, 0.3) is 11.3 Å². The third-order valence-corrected chi connectivity index (χ3v) is 3.39. The van der Waals surface area contributed by atoms with Crippen LogP contribution in [0.1, 0.15) is 23.3 Å². The van der Waals surface area contributed by atoms with Crippen LogP contribution >= 0.6 is 0 Å². The molecule has 0 spiro atoms. The van der Waals surface area contributed by atoms with Gasteiger partial charge in [-0.2, -0.15) is 0 Å². The smallest absolute Gasteiger partial charge is 0.273 e. The molecule has 1 atom stereocenters. The number of hydrogen-bond donors (Lipinski definition) is 1. The zero-order chi connectivity index (χ0) is 14.7. The van der Waals surface area contributed by atoms with E-state index in [0.717, 1.165) is 19.4 Å². The second-order valence-corrected chi connectivity index (χ2v) is 4.93. The molecule has 21 heavy (non-hydrogen) atoms. The summed E-state index contributed by atoms with van der Waals surface area (Å²) in [6, 6.07) is 7.34. The number of hydrogen-bond acceptors (Lipinski definition) is 4. The lowest BCUT2D eigenvalue weighted by molar-refractivity contribution is 0.0850. The van der Waals surface area contributed by atoms with Crippen molar-refractivity contribution in [3.63, 3.8) is 0 Å². The Balaban J connectivity index is 1.63. The number of benzene rings is 1. The summed E-state index contributed by atoms with van der Waals surface area (Å²) in [7, 11) is 0. The van der Waals surface area contributed by atoms with Crippen molar-refractivity contribution < 1.29 is 18.4 Å². The van der Waals surface area contributed by atoms with Crippen molar-refractivity contribution >= 4 is 5.91 Å². The van der Waals surface area contributed by atoms with Crippen molar-refractivity contribution in [1.29, 1.82) is 0 Å². The molecule has 1 fully saturated rings. The van der Waals surface area contributed by atoms with E-state index in [1.165, 1.54) is 18.2 Å². The Bertz CT molecular complexity index is 618. The van der Waals surface area contributed by atoms with Crippen molar-refractivity contribution in [2.24, 2.45) is 0 Å². The molecule has 1 aliphatic heterocycles. The van der Waals surface area contributed by atoms with E-state index in [1.807, 2.05) is 0 Å².